The Morgan fingerprint density at radius 3 is 2.92 bits per heavy atom. The van der Waals surface area contributed by atoms with E-state index in [2.05, 4.69) is 17.3 Å². The number of aliphatic hydroxyl groups is 1. The molecule has 0 radical (unpaired) electrons. The Balaban J connectivity index is 1.67. The van der Waals surface area contributed by atoms with Crippen molar-refractivity contribution in [1.29, 1.82) is 0 Å². The summed E-state index contributed by atoms with van der Waals surface area (Å²) in [6.45, 7) is 2.47. The van der Waals surface area contributed by atoms with Crippen LogP contribution in [0.2, 0.25) is 0 Å². The molecule has 1 amide bonds. The summed E-state index contributed by atoms with van der Waals surface area (Å²) in [5, 5.41) is 17.4. The SMILES string of the molecule is CCc1ccc2occ(C(=O)NC[C@@H](CO)Cc3cnn(C)c3)c2c1. The highest BCUT2D eigenvalue weighted by Gasteiger charge is 2.16. The molecule has 6 nitrogen and oxygen atoms in total. The number of carbonyl (C=O) groups excluding carboxylic acids is 1. The van der Waals surface area contributed by atoms with Crippen LogP contribution in [-0.4, -0.2) is 33.9 Å². The smallest absolute Gasteiger partial charge is 0.255 e. The molecule has 132 valence electrons. The third kappa shape index (κ3) is 3.91. The van der Waals surface area contributed by atoms with Gasteiger partial charge in [-0.2, -0.15) is 5.10 Å². The molecule has 0 aliphatic rings. The number of hydrogen-bond donors (Lipinski definition) is 2. The van der Waals surface area contributed by atoms with Crippen LogP contribution in [0.5, 0.6) is 0 Å². The molecule has 0 aliphatic heterocycles. The normalized spacial score (nSPS) is 12.4. The van der Waals surface area contributed by atoms with Gasteiger partial charge in [0.25, 0.3) is 5.91 Å². The second-order valence-corrected chi connectivity index (χ2v) is 6.32. The number of nitrogens with one attached hydrogen (secondary N) is 1. The lowest BCUT2D eigenvalue weighted by Gasteiger charge is -2.14. The van der Waals surface area contributed by atoms with Gasteiger partial charge in [-0.15, -0.1) is 0 Å². The van der Waals surface area contributed by atoms with Gasteiger partial charge in [0.2, 0.25) is 0 Å². The number of benzene rings is 1. The Hall–Kier alpha value is -2.60. The fourth-order valence-corrected chi connectivity index (χ4v) is 2.92. The first-order valence-corrected chi connectivity index (χ1v) is 8.47. The van der Waals surface area contributed by atoms with Crippen molar-refractivity contribution in [3.8, 4) is 0 Å². The van der Waals surface area contributed by atoms with Gasteiger partial charge in [-0.25, -0.2) is 0 Å². The molecule has 0 saturated carbocycles. The van der Waals surface area contributed by atoms with Gasteiger partial charge in [0.1, 0.15) is 11.8 Å². The highest BCUT2D eigenvalue weighted by molar-refractivity contribution is 6.06. The van der Waals surface area contributed by atoms with E-state index in [1.54, 1.807) is 10.9 Å². The summed E-state index contributed by atoms with van der Waals surface area (Å²) in [5.74, 6) is -0.242. The van der Waals surface area contributed by atoms with E-state index in [1.165, 1.54) is 6.26 Å². The zero-order valence-corrected chi connectivity index (χ0v) is 14.5. The third-order valence-electron chi connectivity index (χ3n) is 4.38. The Morgan fingerprint density at radius 1 is 1.40 bits per heavy atom. The molecule has 0 spiro atoms. The summed E-state index contributed by atoms with van der Waals surface area (Å²) in [6, 6.07) is 5.89. The Bertz CT molecular complexity index is 866. The van der Waals surface area contributed by atoms with Crippen molar-refractivity contribution in [1.82, 2.24) is 15.1 Å². The largest absolute Gasteiger partial charge is 0.463 e. The number of furan rings is 1. The Labute approximate surface area is 146 Å². The highest BCUT2D eigenvalue weighted by atomic mass is 16.3. The molecule has 3 rings (SSSR count). The minimum Gasteiger partial charge on any atom is -0.463 e. The fourth-order valence-electron chi connectivity index (χ4n) is 2.92. The molecule has 3 aromatic rings. The number of amides is 1. The quantitative estimate of drug-likeness (QED) is 0.691. The fraction of sp³-hybridized carbons (Fsp3) is 0.368. The third-order valence-corrected chi connectivity index (χ3v) is 4.38. The number of nitrogens with zero attached hydrogens (tertiary/aromatic N) is 2. The molecule has 6 heteroatoms. The first-order chi connectivity index (χ1) is 12.1. The Kier molecular flexibility index (Phi) is 5.19. The van der Waals surface area contributed by atoms with Gasteiger partial charge in [-0.1, -0.05) is 13.0 Å². The molecule has 0 fully saturated rings. The predicted octanol–water partition coefficient (Wildman–Crippen LogP) is 2.31. The minimum absolute atomic E-state index is 0.00128. The molecule has 2 N–H and O–H groups in total. The lowest BCUT2D eigenvalue weighted by atomic mass is 10.0. The number of aromatic nitrogens is 2. The van der Waals surface area contributed by atoms with E-state index in [4.69, 9.17) is 4.42 Å². The van der Waals surface area contributed by atoms with Gasteiger partial charge in [-0.3, -0.25) is 9.48 Å². The van der Waals surface area contributed by atoms with Crippen LogP contribution in [0, 0.1) is 5.92 Å². The summed E-state index contributed by atoms with van der Waals surface area (Å²) in [7, 11) is 1.85. The first kappa shape index (κ1) is 17.2. The van der Waals surface area contributed by atoms with Crippen molar-refractivity contribution in [2.24, 2.45) is 13.0 Å². The van der Waals surface area contributed by atoms with Gasteiger partial charge in [-0.05, 0) is 36.1 Å². The van der Waals surface area contributed by atoms with Crippen LogP contribution >= 0.6 is 0 Å². The van der Waals surface area contributed by atoms with E-state index in [9.17, 15) is 9.90 Å². The van der Waals surface area contributed by atoms with Crippen LogP contribution < -0.4 is 5.32 Å². The van der Waals surface area contributed by atoms with Gasteiger partial charge < -0.3 is 14.8 Å². The molecular formula is C19H23N3O3. The number of aryl methyl sites for hydroxylation is 2. The van der Waals surface area contributed by atoms with Gasteiger partial charge in [0.05, 0.1) is 11.8 Å². The van der Waals surface area contributed by atoms with Crippen LogP contribution in [0.25, 0.3) is 11.0 Å². The molecule has 0 saturated heterocycles. The maximum absolute atomic E-state index is 12.5. The summed E-state index contributed by atoms with van der Waals surface area (Å²) in [6.07, 6.45) is 6.76. The van der Waals surface area contributed by atoms with Crippen LogP contribution in [0.3, 0.4) is 0 Å². The van der Waals surface area contributed by atoms with Gasteiger partial charge >= 0.3 is 0 Å². The molecule has 0 aliphatic carbocycles. The average Bonchev–Trinajstić information content (AvgIpc) is 3.23. The molecule has 1 atom stereocenters. The standard InChI is InChI=1S/C19H23N3O3/c1-3-13-4-5-18-16(7-13)17(12-25-18)19(24)20-8-15(11-23)6-14-9-21-22(2)10-14/h4-5,7,9-10,12,15,23H,3,6,8,11H2,1-2H3,(H,20,24)/t15-/m0/s1. The second-order valence-electron chi connectivity index (χ2n) is 6.32. The van der Waals surface area contributed by atoms with E-state index in [-0.39, 0.29) is 18.4 Å². The van der Waals surface area contributed by atoms with E-state index in [0.29, 0.717) is 24.1 Å². The monoisotopic (exact) mass is 341 g/mol. The number of aliphatic hydroxyl groups excluding tert-OH is 1. The van der Waals surface area contributed by atoms with Crippen LogP contribution in [0.15, 0.2) is 41.3 Å². The molecule has 2 heterocycles. The van der Waals surface area contributed by atoms with Crippen molar-refractivity contribution in [2.45, 2.75) is 19.8 Å². The van der Waals surface area contributed by atoms with Crippen molar-refractivity contribution in [2.75, 3.05) is 13.2 Å². The van der Waals surface area contributed by atoms with E-state index < -0.39 is 0 Å². The first-order valence-electron chi connectivity index (χ1n) is 8.47. The van der Waals surface area contributed by atoms with Crippen LogP contribution in [0.4, 0.5) is 0 Å². The van der Waals surface area contributed by atoms with E-state index in [1.807, 2.05) is 31.4 Å². The summed E-state index contributed by atoms with van der Waals surface area (Å²) in [4.78, 5) is 12.5. The van der Waals surface area contributed by atoms with Gasteiger partial charge in [0, 0.05) is 37.7 Å². The summed E-state index contributed by atoms with van der Waals surface area (Å²) < 4.78 is 7.21. The van der Waals surface area contributed by atoms with Crippen molar-refractivity contribution in [3.05, 3.63) is 53.5 Å². The number of hydrogen-bond acceptors (Lipinski definition) is 4. The number of rotatable bonds is 7. The van der Waals surface area contributed by atoms with Crippen molar-refractivity contribution >= 4 is 16.9 Å². The Morgan fingerprint density at radius 2 is 2.24 bits per heavy atom. The van der Waals surface area contributed by atoms with E-state index >= 15 is 0 Å². The van der Waals surface area contributed by atoms with Crippen molar-refractivity contribution in [3.63, 3.8) is 0 Å². The van der Waals surface area contributed by atoms with E-state index in [0.717, 1.165) is 22.9 Å². The number of fused-ring (bicyclic) bond motifs is 1. The minimum atomic E-state index is -0.184. The maximum Gasteiger partial charge on any atom is 0.255 e. The lowest BCUT2D eigenvalue weighted by molar-refractivity contribution is 0.0940. The lowest BCUT2D eigenvalue weighted by Crippen LogP contribution is -2.31. The average molecular weight is 341 g/mol. The summed E-state index contributed by atoms with van der Waals surface area (Å²) >= 11 is 0. The van der Waals surface area contributed by atoms with Crippen LogP contribution in [-0.2, 0) is 19.9 Å². The molecule has 1 aromatic carbocycles. The molecule has 25 heavy (non-hydrogen) atoms. The second kappa shape index (κ2) is 7.53. The number of carbonyl (C=O) groups is 1. The topological polar surface area (TPSA) is 80.3 Å². The van der Waals surface area contributed by atoms with Crippen molar-refractivity contribution < 1.29 is 14.3 Å². The molecule has 0 bridgehead atoms. The zero-order valence-electron chi connectivity index (χ0n) is 14.5. The molecule has 0 unspecified atom stereocenters. The molecule has 2 aromatic heterocycles. The maximum atomic E-state index is 12.5. The highest BCUT2D eigenvalue weighted by Crippen LogP contribution is 2.23. The van der Waals surface area contributed by atoms with Gasteiger partial charge in [0.15, 0.2) is 0 Å². The van der Waals surface area contributed by atoms with Crippen LogP contribution in [0.1, 0.15) is 28.4 Å². The molecular weight excluding hydrogens is 318 g/mol. The summed E-state index contributed by atoms with van der Waals surface area (Å²) in [5.41, 5.74) is 3.43. The zero-order chi connectivity index (χ0) is 17.8. The predicted molar refractivity (Wildman–Crippen MR) is 95.4 cm³/mol.